The third-order valence-electron chi connectivity index (χ3n) is 7.27. The van der Waals surface area contributed by atoms with Crippen LogP contribution in [-0.4, -0.2) is 55.9 Å². The van der Waals surface area contributed by atoms with E-state index in [1.807, 2.05) is 6.92 Å². The monoisotopic (exact) mass is 582 g/mol. The zero-order valence-electron chi connectivity index (χ0n) is 23.9. The number of anilines is 2. The Bertz CT molecular complexity index is 1570. The van der Waals surface area contributed by atoms with Gasteiger partial charge in [-0.3, -0.25) is 5.32 Å². The van der Waals surface area contributed by atoms with E-state index in [0.717, 1.165) is 0 Å². The van der Waals surface area contributed by atoms with Gasteiger partial charge in [-0.15, -0.1) is 0 Å². The molecule has 1 N–H and O–H groups in total. The molecule has 1 aliphatic carbocycles. The van der Waals surface area contributed by atoms with Crippen LogP contribution in [0.2, 0.25) is 0 Å². The fraction of sp³-hybridized carbons (Fsp3) is 0.433. The largest absolute Gasteiger partial charge is 0.444 e. The number of rotatable bonds is 6. The summed E-state index contributed by atoms with van der Waals surface area (Å²) in [6, 6.07) is 12.5. The average Bonchev–Trinajstić information content (AvgIpc) is 3.71. The van der Waals surface area contributed by atoms with Gasteiger partial charge in [-0.25, -0.2) is 27.6 Å². The number of carbonyl (C=O) groups is 1. The van der Waals surface area contributed by atoms with E-state index < -0.39 is 32.1 Å². The lowest BCUT2D eigenvalue weighted by atomic mass is 10.1. The number of nitrogens with one attached hydrogen (secondary N) is 1. The van der Waals surface area contributed by atoms with Crippen molar-refractivity contribution in [3.63, 3.8) is 0 Å². The second kappa shape index (κ2) is 10.7. The summed E-state index contributed by atoms with van der Waals surface area (Å²) in [5.74, 6) is 0.509. The van der Waals surface area contributed by atoms with E-state index in [4.69, 9.17) is 19.4 Å². The van der Waals surface area contributed by atoms with Crippen LogP contribution in [-0.2, 0) is 24.1 Å². The normalized spacial score (nSPS) is 18.6. The SMILES string of the molecule is Cc1cc(F)ccc1S(=O)(=O)C1(c2cc(N3CCOC[C@@H]3C)nc(-c3ccc(NC(=O)OC(C)(C)C)cc3)n2)CC1. The second-order valence-corrected chi connectivity index (χ2v) is 13.9. The molecule has 3 aromatic rings. The molecule has 1 aromatic heterocycles. The molecule has 1 atom stereocenters. The lowest BCUT2D eigenvalue weighted by Gasteiger charge is -2.34. The van der Waals surface area contributed by atoms with Gasteiger partial charge in [0, 0.05) is 23.9 Å². The van der Waals surface area contributed by atoms with E-state index in [9.17, 15) is 17.6 Å². The molecule has 1 saturated heterocycles. The van der Waals surface area contributed by atoms with Crippen molar-refractivity contribution >= 4 is 27.4 Å². The Hall–Kier alpha value is -3.57. The zero-order valence-corrected chi connectivity index (χ0v) is 24.7. The Balaban J connectivity index is 1.54. The third kappa shape index (κ3) is 5.92. The minimum Gasteiger partial charge on any atom is -0.444 e. The minimum absolute atomic E-state index is 0.0332. The summed E-state index contributed by atoms with van der Waals surface area (Å²) in [4.78, 5) is 24.1. The summed E-state index contributed by atoms with van der Waals surface area (Å²) < 4.78 is 51.6. The van der Waals surface area contributed by atoms with Crippen LogP contribution in [0.4, 0.5) is 20.7 Å². The first-order chi connectivity index (χ1) is 19.3. The number of benzene rings is 2. The predicted octanol–water partition coefficient (Wildman–Crippen LogP) is 5.63. The maximum Gasteiger partial charge on any atom is 0.412 e. The smallest absolute Gasteiger partial charge is 0.412 e. The summed E-state index contributed by atoms with van der Waals surface area (Å²) in [6.07, 6.45) is 0.239. The molecule has 218 valence electrons. The molecule has 41 heavy (non-hydrogen) atoms. The Kier molecular flexibility index (Phi) is 7.54. The Morgan fingerprint density at radius 1 is 1.12 bits per heavy atom. The van der Waals surface area contributed by atoms with Gasteiger partial charge in [0.25, 0.3) is 0 Å². The van der Waals surface area contributed by atoms with Crippen molar-refractivity contribution in [3.8, 4) is 11.4 Å². The van der Waals surface area contributed by atoms with Crippen LogP contribution in [0.25, 0.3) is 11.4 Å². The molecule has 1 saturated carbocycles. The molecule has 1 aliphatic heterocycles. The van der Waals surface area contributed by atoms with E-state index >= 15 is 0 Å². The van der Waals surface area contributed by atoms with Crippen molar-refractivity contribution in [2.75, 3.05) is 30.0 Å². The van der Waals surface area contributed by atoms with E-state index in [0.29, 0.717) is 66.8 Å². The van der Waals surface area contributed by atoms with Gasteiger partial charge in [-0.05, 0) is 95.5 Å². The van der Waals surface area contributed by atoms with Crippen LogP contribution in [0.3, 0.4) is 0 Å². The number of nitrogens with zero attached hydrogens (tertiary/aromatic N) is 3. The number of morpholine rings is 1. The Morgan fingerprint density at radius 2 is 1.83 bits per heavy atom. The van der Waals surface area contributed by atoms with Crippen LogP contribution < -0.4 is 10.2 Å². The number of sulfone groups is 1. The number of aryl methyl sites for hydroxylation is 1. The molecule has 2 aromatic carbocycles. The Morgan fingerprint density at radius 3 is 2.44 bits per heavy atom. The van der Waals surface area contributed by atoms with Crippen molar-refractivity contribution in [1.29, 1.82) is 0 Å². The van der Waals surface area contributed by atoms with Crippen molar-refractivity contribution < 1.29 is 27.1 Å². The molecule has 0 bridgehead atoms. The second-order valence-electron chi connectivity index (χ2n) is 11.7. The van der Waals surface area contributed by atoms with Crippen LogP contribution in [0, 0.1) is 12.7 Å². The van der Waals surface area contributed by atoms with Gasteiger partial charge < -0.3 is 14.4 Å². The van der Waals surface area contributed by atoms with Gasteiger partial charge in [0.15, 0.2) is 15.7 Å². The molecule has 1 amide bonds. The first-order valence-electron chi connectivity index (χ1n) is 13.6. The summed E-state index contributed by atoms with van der Waals surface area (Å²) in [6.45, 7) is 10.7. The number of amides is 1. The molecule has 11 heteroatoms. The molecule has 2 heterocycles. The van der Waals surface area contributed by atoms with Crippen LogP contribution in [0.1, 0.15) is 51.8 Å². The van der Waals surface area contributed by atoms with E-state index in [1.165, 1.54) is 18.2 Å². The molecular weight excluding hydrogens is 547 g/mol. The molecule has 5 rings (SSSR count). The van der Waals surface area contributed by atoms with Gasteiger partial charge in [-0.2, -0.15) is 0 Å². The summed E-state index contributed by atoms with van der Waals surface area (Å²) in [5.41, 5.74) is 1.34. The lowest BCUT2D eigenvalue weighted by Crippen LogP contribution is -2.44. The average molecular weight is 583 g/mol. The molecule has 2 aliphatic rings. The molecular formula is C30H35FN4O5S. The standard InChI is InChI=1S/C30H35FN4O5S/c1-19-16-22(31)8-11-24(19)41(37,38)30(12-13-30)25-17-26(35-14-15-39-18-20(35)2)34-27(33-25)21-6-9-23(10-7-21)32-28(36)40-29(3,4)5/h6-11,16-17,20H,12-15,18H2,1-5H3,(H,32,36)/t20-/m0/s1. The summed E-state index contributed by atoms with van der Waals surface area (Å²) >= 11 is 0. The van der Waals surface area contributed by atoms with Gasteiger partial charge in [-0.1, -0.05) is 0 Å². The fourth-order valence-corrected chi connectivity index (χ4v) is 7.21. The highest BCUT2D eigenvalue weighted by molar-refractivity contribution is 7.92. The quantitative estimate of drug-likeness (QED) is 0.373. The minimum atomic E-state index is -3.88. The van der Waals surface area contributed by atoms with Crippen LogP contribution in [0.15, 0.2) is 53.4 Å². The highest BCUT2D eigenvalue weighted by Gasteiger charge is 2.58. The summed E-state index contributed by atoms with van der Waals surface area (Å²) in [5, 5.41) is 2.71. The van der Waals surface area contributed by atoms with Crippen molar-refractivity contribution in [3.05, 3.63) is 65.6 Å². The number of aromatic nitrogens is 2. The third-order valence-corrected chi connectivity index (χ3v) is 9.96. The van der Waals surface area contributed by atoms with Gasteiger partial charge in [0.05, 0.1) is 29.8 Å². The van der Waals surface area contributed by atoms with Crippen LogP contribution >= 0.6 is 0 Å². The van der Waals surface area contributed by atoms with E-state index in [2.05, 4.69) is 10.2 Å². The van der Waals surface area contributed by atoms with Gasteiger partial charge in [0.1, 0.15) is 22.0 Å². The number of carbonyl (C=O) groups excluding carboxylic acids is 1. The number of halogens is 1. The molecule has 2 fully saturated rings. The number of hydrogen-bond acceptors (Lipinski definition) is 8. The maximum absolute atomic E-state index is 14.0. The first-order valence-corrected chi connectivity index (χ1v) is 15.1. The van der Waals surface area contributed by atoms with Crippen molar-refractivity contribution in [2.45, 2.75) is 68.7 Å². The van der Waals surface area contributed by atoms with Crippen molar-refractivity contribution in [2.24, 2.45) is 0 Å². The van der Waals surface area contributed by atoms with Crippen molar-refractivity contribution in [1.82, 2.24) is 9.97 Å². The molecule has 0 unspecified atom stereocenters. The topological polar surface area (TPSA) is 111 Å². The maximum atomic E-state index is 14.0. The fourth-order valence-electron chi connectivity index (χ4n) is 5.04. The van der Waals surface area contributed by atoms with E-state index in [1.54, 1.807) is 58.0 Å². The molecule has 0 spiro atoms. The highest BCUT2D eigenvalue weighted by atomic mass is 32.2. The van der Waals surface area contributed by atoms with Crippen LogP contribution in [0.5, 0.6) is 0 Å². The number of ether oxygens (including phenoxy) is 2. The van der Waals surface area contributed by atoms with E-state index in [-0.39, 0.29) is 10.9 Å². The highest BCUT2D eigenvalue weighted by Crippen LogP contribution is 2.55. The van der Waals surface area contributed by atoms with Gasteiger partial charge in [0.2, 0.25) is 0 Å². The summed E-state index contributed by atoms with van der Waals surface area (Å²) in [7, 11) is -3.88. The Labute approximate surface area is 240 Å². The number of hydrogen-bond donors (Lipinski definition) is 1. The first kappa shape index (κ1) is 28.9. The molecule has 0 radical (unpaired) electrons. The molecule has 9 nitrogen and oxygen atoms in total. The lowest BCUT2D eigenvalue weighted by molar-refractivity contribution is 0.0636. The van der Waals surface area contributed by atoms with Gasteiger partial charge >= 0.3 is 6.09 Å². The zero-order chi connectivity index (χ0) is 29.6. The predicted molar refractivity (Wildman–Crippen MR) is 154 cm³/mol.